The molecular weight excluding hydrogens is 230 g/mol. The third kappa shape index (κ3) is 2.85. The normalized spacial score (nSPS) is 33.2. The summed E-state index contributed by atoms with van der Waals surface area (Å²) >= 11 is 0. The lowest BCUT2D eigenvalue weighted by atomic mass is 9.78. The maximum Gasteiger partial charge on any atom is 0.307 e. The molecule has 1 saturated carbocycles. The van der Waals surface area contributed by atoms with E-state index in [1.807, 2.05) is 4.90 Å². The number of carboxylic acids is 1. The van der Waals surface area contributed by atoms with E-state index in [9.17, 15) is 14.7 Å². The number of hydrogen-bond acceptors (Lipinski definition) is 2. The number of hydrogen-bond donors (Lipinski definition) is 1. The topological polar surface area (TPSA) is 57.6 Å². The zero-order valence-corrected chi connectivity index (χ0v) is 11.1. The molecule has 0 bridgehead atoms. The molecule has 18 heavy (non-hydrogen) atoms. The van der Waals surface area contributed by atoms with Crippen LogP contribution < -0.4 is 0 Å². The molecule has 102 valence electrons. The summed E-state index contributed by atoms with van der Waals surface area (Å²) in [5, 5.41) is 9.24. The Morgan fingerprint density at radius 3 is 2.33 bits per heavy atom. The molecule has 0 aromatic heterocycles. The van der Waals surface area contributed by atoms with Crippen molar-refractivity contribution >= 4 is 11.9 Å². The van der Waals surface area contributed by atoms with Crippen molar-refractivity contribution in [3.63, 3.8) is 0 Å². The highest BCUT2D eigenvalue weighted by molar-refractivity contribution is 5.85. The molecule has 0 radical (unpaired) electrons. The van der Waals surface area contributed by atoms with Crippen molar-refractivity contribution in [3.8, 4) is 0 Å². The second-order valence-electron chi connectivity index (χ2n) is 5.87. The van der Waals surface area contributed by atoms with E-state index in [1.54, 1.807) is 0 Å². The van der Waals surface area contributed by atoms with Crippen molar-refractivity contribution in [2.75, 3.05) is 13.1 Å². The number of amides is 1. The van der Waals surface area contributed by atoms with Crippen LogP contribution in [0.5, 0.6) is 0 Å². The zero-order valence-electron chi connectivity index (χ0n) is 11.1. The predicted molar refractivity (Wildman–Crippen MR) is 68.1 cm³/mol. The highest BCUT2D eigenvalue weighted by atomic mass is 16.4. The molecule has 2 fully saturated rings. The third-order valence-electron chi connectivity index (χ3n) is 4.37. The lowest BCUT2D eigenvalue weighted by Gasteiger charge is -2.36. The van der Waals surface area contributed by atoms with Gasteiger partial charge >= 0.3 is 5.97 Å². The first-order chi connectivity index (χ1) is 8.59. The Bertz CT molecular complexity index is 329. The summed E-state index contributed by atoms with van der Waals surface area (Å²) in [5.41, 5.74) is 0. The molecule has 1 aliphatic heterocycles. The molecule has 1 unspecified atom stereocenters. The van der Waals surface area contributed by atoms with E-state index >= 15 is 0 Å². The molecule has 4 heteroatoms. The molecule has 2 rings (SSSR count). The molecule has 1 saturated heterocycles. The van der Waals surface area contributed by atoms with Crippen LogP contribution >= 0.6 is 0 Å². The highest BCUT2D eigenvalue weighted by Crippen LogP contribution is 2.32. The van der Waals surface area contributed by atoms with Crippen LogP contribution in [0, 0.1) is 17.8 Å². The molecule has 1 heterocycles. The number of nitrogens with zero attached hydrogens (tertiary/aromatic N) is 1. The summed E-state index contributed by atoms with van der Waals surface area (Å²) in [6.45, 7) is 3.78. The minimum Gasteiger partial charge on any atom is -0.481 e. The van der Waals surface area contributed by atoms with Gasteiger partial charge in [0.25, 0.3) is 0 Å². The SMILES string of the molecule is CC1CCCN(C(=O)[C@@H]2CCCC[C@@H]2C(=O)O)C1. The van der Waals surface area contributed by atoms with E-state index in [4.69, 9.17) is 0 Å². The average Bonchev–Trinajstić information content (AvgIpc) is 2.38. The molecule has 1 amide bonds. The Labute approximate surface area is 108 Å². The van der Waals surface area contributed by atoms with Gasteiger partial charge in [-0.2, -0.15) is 0 Å². The van der Waals surface area contributed by atoms with Crippen molar-refractivity contribution in [2.45, 2.75) is 45.4 Å². The van der Waals surface area contributed by atoms with Crippen LogP contribution in [0.3, 0.4) is 0 Å². The van der Waals surface area contributed by atoms with Gasteiger partial charge in [-0.25, -0.2) is 0 Å². The number of aliphatic carboxylic acids is 1. The maximum atomic E-state index is 12.5. The van der Waals surface area contributed by atoms with Crippen LogP contribution in [0.25, 0.3) is 0 Å². The van der Waals surface area contributed by atoms with E-state index in [0.29, 0.717) is 12.3 Å². The standard InChI is InChI=1S/C14H23NO3/c1-10-5-4-8-15(9-10)13(16)11-6-2-3-7-12(11)14(17)18/h10-12H,2-9H2,1H3,(H,17,18)/t10?,11-,12+/m1/s1. The molecule has 1 aliphatic carbocycles. The van der Waals surface area contributed by atoms with E-state index in [0.717, 1.165) is 38.8 Å². The van der Waals surface area contributed by atoms with Crippen molar-refractivity contribution in [3.05, 3.63) is 0 Å². The first-order valence-electron chi connectivity index (χ1n) is 7.11. The molecule has 0 aromatic rings. The number of rotatable bonds is 2. The minimum absolute atomic E-state index is 0.0913. The third-order valence-corrected chi connectivity index (χ3v) is 4.37. The van der Waals surface area contributed by atoms with Gasteiger partial charge in [-0.3, -0.25) is 9.59 Å². The van der Waals surface area contributed by atoms with E-state index < -0.39 is 11.9 Å². The molecule has 1 N–H and O–H groups in total. The van der Waals surface area contributed by atoms with Crippen molar-refractivity contribution < 1.29 is 14.7 Å². The fraction of sp³-hybridized carbons (Fsp3) is 0.857. The van der Waals surface area contributed by atoms with Gasteiger partial charge in [0, 0.05) is 13.1 Å². The second kappa shape index (κ2) is 5.72. The lowest BCUT2D eigenvalue weighted by molar-refractivity contribution is -0.153. The molecule has 2 aliphatic rings. The summed E-state index contributed by atoms with van der Waals surface area (Å²) in [4.78, 5) is 25.6. The van der Waals surface area contributed by atoms with Crippen molar-refractivity contribution in [1.29, 1.82) is 0 Å². The first kappa shape index (κ1) is 13.4. The van der Waals surface area contributed by atoms with Crippen molar-refractivity contribution in [2.24, 2.45) is 17.8 Å². The smallest absolute Gasteiger partial charge is 0.307 e. The number of likely N-dealkylation sites (tertiary alicyclic amines) is 1. The van der Waals surface area contributed by atoms with Gasteiger partial charge < -0.3 is 10.0 Å². The van der Waals surface area contributed by atoms with E-state index in [-0.39, 0.29) is 11.8 Å². The van der Waals surface area contributed by atoms with Crippen LogP contribution in [0.2, 0.25) is 0 Å². The van der Waals surface area contributed by atoms with Crippen LogP contribution in [-0.2, 0) is 9.59 Å². The van der Waals surface area contributed by atoms with E-state index in [2.05, 4.69) is 6.92 Å². The van der Waals surface area contributed by atoms with Crippen molar-refractivity contribution in [1.82, 2.24) is 4.90 Å². The molecular formula is C14H23NO3. The summed E-state index contributed by atoms with van der Waals surface area (Å²) < 4.78 is 0. The van der Waals surface area contributed by atoms with Crippen LogP contribution in [0.4, 0.5) is 0 Å². The molecule has 4 nitrogen and oxygen atoms in total. The van der Waals surface area contributed by atoms with Crippen LogP contribution in [0.15, 0.2) is 0 Å². The van der Waals surface area contributed by atoms with Gasteiger partial charge in [-0.15, -0.1) is 0 Å². The van der Waals surface area contributed by atoms with Crippen LogP contribution in [0.1, 0.15) is 45.4 Å². The number of carbonyl (C=O) groups is 2. The number of piperidine rings is 1. The summed E-state index contributed by atoms with van der Waals surface area (Å²) in [6.07, 6.45) is 5.57. The van der Waals surface area contributed by atoms with E-state index in [1.165, 1.54) is 6.42 Å². The number of carboxylic acid groups (broad SMARTS) is 1. The first-order valence-corrected chi connectivity index (χ1v) is 7.11. The zero-order chi connectivity index (χ0) is 13.1. The van der Waals surface area contributed by atoms with Gasteiger partial charge in [-0.1, -0.05) is 19.8 Å². The fourth-order valence-electron chi connectivity index (χ4n) is 3.35. The van der Waals surface area contributed by atoms with Gasteiger partial charge in [-0.05, 0) is 31.6 Å². The largest absolute Gasteiger partial charge is 0.481 e. The fourth-order valence-corrected chi connectivity index (χ4v) is 3.35. The molecule has 0 aromatic carbocycles. The molecule has 3 atom stereocenters. The Balaban J connectivity index is 2.03. The molecule has 0 spiro atoms. The summed E-state index contributed by atoms with van der Waals surface area (Å²) in [6, 6.07) is 0. The summed E-state index contributed by atoms with van der Waals surface area (Å²) in [5.74, 6) is -0.883. The monoisotopic (exact) mass is 253 g/mol. The number of carbonyl (C=O) groups excluding carboxylic acids is 1. The van der Waals surface area contributed by atoms with Gasteiger partial charge in [0.2, 0.25) is 5.91 Å². The lowest BCUT2D eigenvalue weighted by Crippen LogP contribution is -2.46. The predicted octanol–water partition coefficient (Wildman–Crippen LogP) is 2.14. The summed E-state index contributed by atoms with van der Waals surface area (Å²) in [7, 11) is 0. The van der Waals surface area contributed by atoms with Gasteiger partial charge in [0.1, 0.15) is 0 Å². The Kier molecular flexibility index (Phi) is 4.25. The Morgan fingerprint density at radius 2 is 1.72 bits per heavy atom. The van der Waals surface area contributed by atoms with Gasteiger partial charge in [0.15, 0.2) is 0 Å². The highest BCUT2D eigenvalue weighted by Gasteiger charge is 2.38. The van der Waals surface area contributed by atoms with Gasteiger partial charge in [0.05, 0.1) is 11.8 Å². The van der Waals surface area contributed by atoms with Crippen LogP contribution in [-0.4, -0.2) is 35.0 Å². The Hall–Kier alpha value is -1.06. The Morgan fingerprint density at radius 1 is 1.06 bits per heavy atom. The second-order valence-corrected chi connectivity index (χ2v) is 5.87. The minimum atomic E-state index is -0.793. The quantitative estimate of drug-likeness (QED) is 0.820. The average molecular weight is 253 g/mol. The maximum absolute atomic E-state index is 12.5.